The molecule has 4 aliphatic rings. The molecule has 3 aromatic carbocycles. The molecule has 0 amide bonds. The monoisotopic (exact) mass is 636 g/mol. The van der Waals surface area contributed by atoms with E-state index in [0.29, 0.717) is 17.9 Å². The number of aliphatic hydroxyl groups excluding tert-OH is 1. The number of aliphatic hydroxyl groups is 1. The third-order valence-electron chi connectivity index (χ3n) is 10.3. The summed E-state index contributed by atoms with van der Waals surface area (Å²) in [5.74, 6) is 3.93. The Morgan fingerprint density at radius 2 is 1.66 bits per heavy atom. The molecule has 2 aliphatic heterocycles. The van der Waals surface area contributed by atoms with E-state index in [1.165, 1.54) is 19.8 Å². The van der Waals surface area contributed by atoms with E-state index in [4.69, 9.17) is 18.9 Å². The highest BCUT2D eigenvalue weighted by Gasteiger charge is 2.58. The molecule has 7 rings (SSSR count). The van der Waals surface area contributed by atoms with E-state index in [2.05, 4.69) is 6.92 Å². The van der Waals surface area contributed by atoms with Crippen LogP contribution in [0.15, 0.2) is 36.4 Å². The third-order valence-corrected chi connectivity index (χ3v) is 13.3. The van der Waals surface area contributed by atoms with Crippen LogP contribution in [0, 0.1) is 5.92 Å². The Hall–Kier alpha value is -2.88. The van der Waals surface area contributed by atoms with Gasteiger partial charge in [-0.2, -0.15) is 0 Å². The molecule has 3 aromatic rings. The fraction of sp³-hybridized carbons (Fsp3) is 0.486. The maximum atomic E-state index is 12.5. The van der Waals surface area contributed by atoms with Crippen molar-refractivity contribution in [1.82, 2.24) is 0 Å². The number of fused-ring (bicyclic) bond motifs is 5. The quantitative estimate of drug-likeness (QED) is 0.251. The number of phenolic OH excluding ortho intramolecular Hbond substituents is 2. The average Bonchev–Trinajstić information content (AvgIpc) is 3.03. The lowest BCUT2D eigenvalue weighted by Crippen LogP contribution is -2.56. The summed E-state index contributed by atoms with van der Waals surface area (Å²) in [4.78, 5) is 0. The minimum Gasteiger partial charge on any atom is -0.508 e. The molecule has 0 radical (unpaired) electrons. The molecular formula is C35H40O7S2. The zero-order chi connectivity index (χ0) is 30.7. The van der Waals surface area contributed by atoms with Gasteiger partial charge in [0.15, 0.2) is 17.1 Å². The van der Waals surface area contributed by atoms with E-state index in [9.17, 15) is 15.3 Å². The van der Waals surface area contributed by atoms with Gasteiger partial charge in [0.2, 0.25) is 5.75 Å². The summed E-state index contributed by atoms with van der Waals surface area (Å²) < 4.78 is 24.2. The van der Waals surface area contributed by atoms with Crippen molar-refractivity contribution in [2.45, 2.75) is 74.2 Å². The Labute approximate surface area is 266 Å². The average molecular weight is 637 g/mol. The van der Waals surface area contributed by atoms with Gasteiger partial charge >= 0.3 is 0 Å². The fourth-order valence-corrected chi connectivity index (χ4v) is 11.2. The van der Waals surface area contributed by atoms with Crippen LogP contribution in [0.3, 0.4) is 0 Å². The van der Waals surface area contributed by atoms with Gasteiger partial charge in [0.1, 0.15) is 23.4 Å². The second-order valence-corrected chi connectivity index (χ2v) is 15.4. The van der Waals surface area contributed by atoms with Crippen molar-refractivity contribution in [1.29, 1.82) is 0 Å². The van der Waals surface area contributed by atoms with Crippen LogP contribution in [0.1, 0.15) is 73.1 Å². The first-order chi connectivity index (χ1) is 21.3. The first-order valence-electron chi connectivity index (χ1n) is 15.5. The molecule has 6 unspecified atom stereocenters. The largest absolute Gasteiger partial charge is 0.508 e. The standard InChI is InChI=1S/C35H40O7S2/c1-18-5-6-19-13-24-30(22-8-7-21(36)16-23(19)22)25(39-2)17-26-31(24)32-29(44-43-12-10-18)9-11-35(42-26,34(32)38)20-14-27(40-3)33(37)28(15-20)41-4/h7-8,14-19,29,32,34,36-38H,5-6,9-13H2,1-4H3. The Kier molecular flexibility index (Phi) is 7.78. The second kappa shape index (κ2) is 11.5. The van der Waals surface area contributed by atoms with Crippen molar-refractivity contribution in [2.75, 3.05) is 27.1 Å². The maximum Gasteiger partial charge on any atom is 0.200 e. The zero-order valence-corrected chi connectivity index (χ0v) is 27.2. The molecule has 1 saturated carbocycles. The number of rotatable bonds is 4. The van der Waals surface area contributed by atoms with Gasteiger partial charge < -0.3 is 34.3 Å². The molecule has 2 heterocycles. The Balaban J connectivity index is 1.47. The van der Waals surface area contributed by atoms with Gasteiger partial charge in [0.05, 0.1) is 21.3 Å². The van der Waals surface area contributed by atoms with Gasteiger partial charge in [-0.05, 0) is 84.9 Å². The van der Waals surface area contributed by atoms with Gasteiger partial charge in [-0.1, -0.05) is 41.0 Å². The van der Waals surface area contributed by atoms with E-state index in [1.54, 1.807) is 25.3 Å². The fourth-order valence-electron chi connectivity index (χ4n) is 8.01. The first kappa shape index (κ1) is 29.8. The molecule has 44 heavy (non-hydrogen) atoms. The predicted octanol–water partition coefficient (Wildman–Crippen LogP) is 7.53. The molecule has 234 valence electrons. The molecule has 7 nitrogen and oxygen atoms in total. The topological polar surface area (TPSA) is 97.6 Å². The van der Waals surface area contributed by atoms with Gasteiger partial charge in [0.25, 0.3) is 0 Å². The molecule has 2 aliphatic carbocycles. The lowest BCUT2D eigenvalue weighted by molar-refractivity contribution is -0.111. The summed E-state index contributed by atoms with van der Waals surface area (Å²) in [6.45, 7) is 2.35. The predicted molar refractivity (Wildman–Crippen MR) is 175 cm³/mol. The van der Waals surface area contributed by atoms with Crippen LogP contribution in [0.25, 0.3) is 11.1 Å². The van der Waals surface area contributed by atoms with Crippen molar-refractivity contribution in [3.8, 4) is 45.6 Å². The van der Waals surface area contributed by atoms with Gasteiger partial charge in [-0.25, -0.2) is 0 Å². The smallest absolute Gasteiger partial charge is 0.200 e. The summed E-state index contributed by atoms with van der Waals surface area (Å²) in [5.41, 5.74) is 5.21. The molecule has 9 heteroatoms. The van der Waals surface area contributed by atoms with Crippen molar-refractivity contribution in [3.05, 3.63) is 58.7 Å². The molecule has 4 bridgehead atoms. The Morgan fingerprint density at radius 1 is 0.909 bits per heavy atom. The lowest BCUT2D eigenvalue weighted by atomic mass is 9.64. The molecule has 0 saturated heterocycles. The summed E-state index contributed by atoms with van der Waals surface area (Å²) in [6, 6.07) is 11.2. The first-order valence-corrected chi connectivity index (χ1v) is 17.9. The lowest BCUT2D eigenvalue weighted by Gasteiger charge is -2.53. The van der Waals surface area contributed by atoms with Crippen molar-refractivity contribution in [3.63, 3.8) is 0 Å². The Bertz CT molecular complexity index is 1570. The number of benzene rings is 3. The molecule has 6 atom stereocenters. The van der Waals surface area contributed by atoms with Gasteiger partial charge in [-0.15, -0.1) is 0 Å². The maximum absolute atomic E-state index is 12.5. The number of phenols is 2. The number of hydrogen-bond acceptors (Lipinski definition) is 9. The molecule has 1 fully saturated rings. The highest BCUT2D eigenvalue weighted by atomic mass is 33.1. The van der Waals surface area contributed by atoms with E-state index >= 15 is 0 Å². The highest BCUT2D eigenvalue weighted by Crippen LogP contribution is 2.62. The third kappa shape index (κ3) is 4.60. The number of hydrogen-bond donors (Lipinski definition) is 3. The molecule has 0 aromatic heterocycles. The zero-order valence-electron chi connectivity index (χ0n) is 25.6. The van der Waals surface area contributed by atoms with Crippen LogP contribution in [-0.4, -0.2) is 53.8 Å². The van der Waals surface area contributed by atoms with Crippen LogP contribution in [-0.2, 0) is 12.0 Å². The molecular weight excluding hydrogens is 597 g/mol. The second-order valence-electron chi connectivity index (χ2n) is 12.7. The minimum atomic E-state index is -1.06. The SMILES string of the molecule is COc1cc(C23CCC4SSCCC(C)CCC5Cc6c(c(OC)cc(c6C4C2O)O3)-c2ccc(O)cc25)cc(OC)c1O. The van der Waals surface area contributed by atoms with E-state index in [-0.39, 0.29) is 40.1 Å². The molecule has 3 N–H and O–H groups in total. The normalized spacial score (nSPS) is 28.9. The van der Waals surface area contributed by atoms with Crippen LogP contribution < -0.4 is 18.9 Å². The number of ether oxygens (including phenoxy) is 4. The van der Waals surface area contributed by atoms with Crippen LogP contribution in [0.4, 0.5) is 0 Å². The van der Waals surface area contributed by atoms with Crippen molar-refractivity contribution in [2.24, 2.45) is 5.92 Å². The van der Waals surface area contributed by atoms with Crippen molar-refractivity contribution < 1.29 is 34.3 Å². The minimum absolute atomic E-state index is 0.0794. The van der Waals surface area contributed by atoms with Crippen LogP contribution in [0.2, 0.25) is 0 Å². The van der Waals surface area contributed by atoms with Crippen molar-refractivity contribution >= 4 is 21.6 Å². The summed E-state index contributed by atoms with van der Waals surface area (Å²) in [6.07, 6.45) is 4.69. The van der Waals surface area contributed by atoms with E-state index < -0.39 is 11.7 Å². The highest BCUT2D eigenvalue weighted by molar-refractivity contribution is 8.76. The van der Waals surface area contributed by atoms with Gasteiger partial charge in [-0.3, -0.25) is 0 Å². The molecule has 0 spiro atoms. The summed E-state index contributed by atoms with van der Waals surface area (Å²) in [5, 5.41) is 34.0. The number of methoxy groups -OCH3 is 3. The summed E-state index contributed by atoms with van der Waals surface area (Å²) in [7, 11) is 8.54. The number of aromatic hydroxyl groups is 2. The van der Waals surface area contributed by atoms with Crippen LogP contribution >= 0.6 is 21.6 Å². The van der Waals surface area contributed by atoms with Gasteiger partial charge in [0, 0.05) is 39.7 Å². The van der Waals surface area contributed by atoms with Crippen LogP contribution in [0.5, 0.6) is 34.5 Å². The van der Waals surface area contributed by atoms with E-state index in [1.807, 2.05) is 39.8 Å². The van der Waals surface area contributed by atoms with E-state index in [0.717, 1.165) is 71.6 Å². The summed E-state index contributed by atoms with van der Waals surface area (Å²) >= 11 is 0. The Morgan fingerprint density at radius 3 is 2.39 bits per heavy atom.